The van der Waals surface area contributed by atoms with Crippen LogP contribution in [0, 0.1) is 15.9 Å². The highest BCUT2D eigenvalue weighted by Crippen LogP contribution is 2.32. The fraction of sp³-hybridized carbons (Fsp3) is 0.0909. The zero-order valence-electron chi connectivity index (χ0n) is 17.0. The van der Waals surface area contributed by atoms with Gasteiger partial charge < -0.3 is 10.5 Å². The van der Waals surface area contributed by atoms with Gasteiger partial charge in [0, 0.05) is 23.4 Å². The summed E-state index contributed by atoms with van der Waals surface area (Å²) in [5.74, 6) is -1.18. The Hall–Kier alpha value is -4.48. The second kappa shape index (κ2) is 8.46. The number of nitro groups is 1. The molecule has 1 aromatic heterocycles. The molecule has 0 saturated heterocycles. The van der Waals surface area contributed by atoms with Gasteiger partial charge in [-0.2, -0.15) is 5.10 Å². The van der Waals surface area contributed by atoms with Crippen LogP contribution in [0.15, 0.2) is 59.4 Å². The molecule has 0 aliphatic heterocycles. The van der Waals surface area contributed by atoms with Crippen molar-refractivity contribution in [2.45, 2.75) is 12.8 Å². The Kier molecular flexibility index (Phi) is 5.65. The lowest BCUT2D eigenvalue weighted by atomic mass is 9.98. The summed E-state index contributed by atoms with van der Waals surface area (Å²) in [6.07, 6.45) is -4.91. The van der Waals surface area contributed by atoms with Crippen LogP contribution in [-0.2, 0) is 6.42 Å². The number of aromatic amines is 1. The van der Waals surface area contributed by atoms with E-state index >= 15 is 0 Å². The van der Waals surface area contributed by atoms with Crippen LogP contribution in [0.3, 0.4) is 0 Å². The molecule has 3 aromatic carbocycles. The number of hydrogen-bond acceptors (Lipinski definition) is 6. The lowest BCUT2D eigenvalue weighted by Gasteiger charge is -2.11. The van der Waals surface area contributed by atoms with Crippen LogP contribution >= 0.6 is 0 Å². The number of benzene rings is 3. The summed E-state index contributed by atoms with van der Waals surface area (Å²) in [6, 6.07) is 11.1. The Morgan fingerprint density at radius 2 is 1.82 bits per heavy atom. The molecule has 1 heterocycles. The van der Waals surface area contributed by atoms with Crippen molar-refractivity contribution in [3.63, 3.8) is 0 Å². The first-order valence-corrected chi connectivity index (χ1v) is 9.61. The minimum atomic E-state index is -4.92. The smallest absolute Gasteiger partial charge is 0.406 e. The molecule has 0 fully saturated rings. The molecule has 174 valence electrons. The number of anilines is 1. The monoisotopic (exact) mass is 474 g/mol. The molecule has 0 aliphatic carbocycles. The Bertz CT molecular complexity index is 1480. The number of H-pyrrole nitrogens is 1. The van der Waals surface area contributed by atoms with Gasteiger partial charge >= 0.3 is 6.36 Å². The Balaban J connectivity index is 1.76. The first kappa shape index (κ1) is 22.7. The van der Waals surface area contributed by atoms with Gasteiger partial charge in [-0.05, 0) is 47.5 Å². The number of nitrogens with zero attached hydrogens (tertiary/aromatic N) is 2. The molecule has 0 spiro atoms. The second-order valence-electron chi connectivity index (χ2n) is 7.28. The molecule has 3 N–H and O–H groups in total. The van der Waals surface area contributed by atoms with Gasteiger partial charge in [0.15, 0.2) is 0 Å². The number of nitrogens with two attached hydrogens (primary N) is 1. The largest absolute Gasteiger partial charge is 0.573 e. The van der Waals surface area contributed by atoms with E-state index in [0.717, 1.165) is 24.3 Å². The number of ether oxygens (including phenoxy) is 1. The summed E-state index contributed by atoms with van der Waals surface area (Å²) in [7, 11) is 0. The fourth-order valence-electron chi connectivity index (χ4n) is 3.50. The number of fused-ring (bicyclic) bond motifs is 1. The summed E-state index contributed by atoms with van der Waals surface area (Å²) in [5, 5.41) is 17.6. The first-order valence-electron chi connectivity index (χ1n) is 9.61. The summed E-state index contributed by atoms with van der Waals surface area (Å²) >= 11 is 0. The topological polar surface area (TPSA) is 124 Å². The summed E-state index contributed by atoms with van der Waals surface area (Å²) in [5.41, 5.74) is 5.49. The third-order valence-corrected chi connectivity index (χ3v) is 5.01. The van der Waals surface area contributed by atoms with Gasteiger partial charge in [-0.1, -0.05) is 12.1 Å². The predicted octanol–water partition coefficient (Wildman–Crippen LogP) is 4.71. The minimum Gasteiger partial charge on any atom is -0.406 e. The lowest BCUT2D eigenvalue weighted by molar-refractivity contribution is -0.383. The summed E-state index contributed by atoms with van der Waals surface area (Å²) in [4.78, 5) is 22.6. The standard InChI is InChI=1S/C22H14F4N4O4/c23-17-5-1-11(7-15(17)12-2-6-18(27)20(9-12)30(32)33)8-19-16-10-13(34-22(24,25)26)3-4-14(16)21(31)29-28-19/h1-7,9-10H,8,27H2,(H,29,31). The fourth-order valence-corrected chi connectivity index (χ4v) is 3.50. The SMILES string of the molecule is Nc1ccc(-c2cc(Cc3n[nH]c(=O)c4ccc(OC(F)(F)F)cc34)ccc2F)cc1[N+](=O)[O-]. The van der Waals surface area contributed by atoms with Crippen molar-refractivity contribution in [3.05, 3.63) is 92.1 Å². The second-order valence-corrected chi connectivity index (χ2v) is 7.28. The molecule has 0 aliphatic rings. The maximum atomic E-state index is 14.6. The number of hydrogen-bond donors (Lipinski definition) is 2. The van der Waals surface area contributed by atoms with E-state index in [-0.39, 0.29) is 45.4 Å². The number of rotatable bonds is 5. The average Bonchev–Trinajstić information content (AvgIpc) is 2.76. The summed E-state index contributed by atoms with van der Waals surface area (Å²) < 4.78 is 56.4. The molecule has 12 heteroatoms. The third kappa shape index (κ3) is 4.65. The molecule has 4 rings (SSSR count). The number of alkyl halides is 3. The van der Waals surface area contributed by atoms with Crippen LogP contribution in [0.25, 0.3) is 21.9 Å². The number of nitro benzene ring substituents is 1. The van der Waals surface area contributed by atoms with E-state index < -0.39 is 28.4 Å². The zero-order valence-corrected chi connectivity index (χ0v) is 17.0. The van der Waals surface area contributed by atoms with E-state index in [0.29, 0.717) is 5.56 Å². The van der Waals surface area contributed by atoms with E-state index in [1.807, 2.05) is 0 Å². The number of nitrogens with one attached hydrogen (secondary N) is 1. The first-order chi connectivity index (χ1) is 16.0. The molecule has 0 unspecified atom stereocenters. The van der Waals surface area contributed by atoms with E-state index in [1.54, 1.807) is 0 Å². The van der Waals surface area contributed by atoms with E-state index in [2.05, 4.69) is 14.9 Å². The molecule has 4 aromatic rings. The van der Waals surface area contributed by atoms with E-state index in [9.17, 15) is 32.5 Å². The predicted molar refractivity (Wildman–Crippen MR) is 115 cm³/mol. The molecular formula is C22H14F4N4O4. The number of aromatic nitrogens is 2. The Labute approximate surface area is 187 Å². The Morgan fingerprint density at radius 3 is 2.53 bits per heavy atom. The molecule has 8 nitrogen and oxygen atoms in total. The van der Waals surface area contributed by atoms with E-state index in [4.69, 9.17) is 5.73 Å². The molecule has 0 amide bonds. The van der Waals surface area contributed by atoms with Crippen LogP contribution < -0.4 is 16.0 Å². The summed E-state index contributed by atoms with van der Waals surface area (Å²) in [6.45, 7) is 0. The van der Waals surface area contributed by atoms with Gasteiger partial charge in [-0.25, -0.2) is 9.49 Å². The van der Waals surface area contributed by atoms with Crippen LogP contribution in [0.2, 0.25) is 0 Å². The van der Waals surface area contributed by atoms with Crippen molar-refractivity contribution in [1.29, 1.82) is 0 Å². The van der Waals surface area contributed by atoms with Gasteiger partial charge in [0.05, 0.1) is 16.0 Å². The zero-order chi connectivity index (χ0) is 24.6. The maximum Gasteiger partial charge on any atom is 0.573 e. The normalized spacial score (nSPS) is 11.5. The van der Waals surface area contributed by atoms with Gasteiger partial charge in [-0.3, -0.25) is 14.9 Å². The molecule has 34 heavy (non-hydrogen) atoms. The van der Waals surface area contributed by atoms with Crippen molar-refractivity contribution in [1.82, 2.24) is 10.2 Å². The molecule has 0 bridgehead atoms. The van der Waals surface area contributed by atoms with E-state index in [1.165, 1.54) is 30.3 Å². The third-order valence-electron chi connectivity index (χ3n) is 5.01. The van der Waals surface area contributed by atoms with Crippen molar-refractivity contribution < 1.29 is 27.2 Å². The van der Waals surface area contributed by atoms with Crippen LogP contribution in [0.5, 0.6) is 5.75 Å². The molecular weight excluding hydrogens is 460 g/mol. The molecule has 0 saturated carbocycles. The van der Waals surface area contributed by atoms with Crippen molar-refractivity contribution >= 4 is 22.1 Å². The molecule has 0 atom stereocenters. The molecule has 0 radical (unpaired) electrons. The highest BCUT2D eigenvalue weighted by Gasteiger charge is 2.31. The average molecular weight is 474 g/mol. The quantitative estimate of drug-likeness (QED) is 0.187. The van der Waals surface area contributed by atoms with Crippen molar-refractivity contribution in [2.75, 3.05) is 5.73 Å². The van der Waals surface area contributed by atoms with Gasteiger partial charge in [-0.15, -0.1) is 13.2 Å². The van der Waals surface area contributed by atoms with Gasteiger partial charge in [0.1, 0.15) is 17.3 Å². The van der Waals surface area contributed by atoms with Crippen LogP contribution in [-0.4, -0.2) is 21.5 Å². The van der Waals surface area contributed by atoms with Gasteiger partial charge in [0.25, 0.3) is 11.2 Å². The van der Waals surface area contributed by atoms with Crippen LogP contribution in [0.4, 0.5) is 28.9 Å². The van der Waals surface area contributed by atoms with Crippen molar-refractivity contribution in [2.24, 2.45) is 0 Å². The Morgan fingerprint density at radius 1 is 1.06 bits per heavy atom. The van der Waals surface area contributed by atoms with Crippen molar-refractivity contribution in [3.8, 4) is 16.9 Å². The highest BCUT2D eigenvalue weighted by atomic mass is 19.4. The number of nitrogen functional groups attached to an aromatic ring is 1. The van der Waals surface area contributed by atoms with Crippen LogP contribution in [0.1, 0.15) is 11.3 Å². The lowest BCUT2D eigenvalue weighted by Crippen LogP contribution is -2.17. The highest BCUT2D eigenvalue weighted by molar-refractivity contribution is 5.85. The maximum absolute atomic E-state index is 14.6. The van der Waals surface area contributed by atoms with Gasteiger partial charge in [0.2, 0.25) is 0 Å². The minimum absolute atomic E-state index is 0.00704. The number of halogens is 4.